The van der Waals surface area contributed by atoms with Crippen molar-refractivity contribution in [1.82, 2.24) is 0 Å². The molecule has 0 radical (unpaired) electrons. The Labute approximate surface area is 120 Å². The van der Waals surface area contributed by atoms with Crippen molar-refractivity contribution in [3.8, 4) is 5.75 Å². The summed E-state index contributed by atoms with van der Waals surface area (Å²) < 4.78 is 18.5. The van der Waals surface area contributed by atoms with E-state index in [1.165, 1.54) is 12.1 Å². The summed E-state index contributed by atoms with van der Waals surface area (Å²) in [4.78, 5) is 12.1. The minimum atomic E-state index is -0.656. The van der Waals surface area contributed by atoms with Crippen LogP contribution in [-0.4, -0.2) is 17.7 Å². The second kappa shape index (κ2) is 5.05. The van der Waals surface area contributed by atoms with Crippen LogP contribution in [0.3, 0.4) is 0 Å². The molecule has 0 saturated carbocycles. The fourth-order valence-corrected chi connectivity index (χ4v) is 2.55. The van der Waals surface area contributed by atoms with Crippen LogP contribution in [0.15, 0.2) is 42.5 Å². The van der Waals surface area contributed by atoms with Gasteiger partial charge in [0.1, 0.15) is 17.1 Å². The Hall–Kier alpha value is -2.62. The molecule has 0 aromatic heterocycles. The number of esters is 1. The lowest BCUT2D eigenvalue weighted by Gasteiger charge is -2.12. The Balaban J connectivity index is 2.50. The molecule has 0 saturated heterocycles. The highest BCUT2D eigenvalue weighted by Gasteiger charge is 2.20. The van der Waals surface area contributed by atoms with Crippen LogP contribution in [-0.2, 0) is 4.74 Å². The number of phenolic OH excluding ortho intramolecular Hbond substituents is 1. The summed E-state index contributed by atoms with van der Waals surface area (Å²) in [5, 5.41) is 12.8. The monoisotopic (exact) mass is 284 g/mol. The zero-order valence-corrected chi connectivity index (χ0v) is 11.4. The van der Waals surface area contributed by atoms with Gasteiger partial charge in [-0.3, -0.25) is 0 Å². The third-order valence-corrected chi connectivity index (χ3v) is 3.44. The highest BCUT2D eigenvalue weighted by atomic mass is 19.1. The second-order valence-electron chi connectivity index (χ2n) is 4.68. The van der Waals surface area contributed by atoms with Crippen LogP contribution >= 0.6 is 0 Å². The van der Waals surface area contributed by atoms with E-state index in [0.717, 1.165) is 5.39 Å². The Morgan fingerprint density at radius 1 is 1.10 bits per heavy atom. The van der Waals surface area contributed by atoms with Crippen LogP contribution in [0.2, 0.25) is 0 Å². The van der Waals surface area contributed by atoms with Gasteiger partial charge in [-0.05, 0) is 29.8 Å². The number of carbonyl (C=O) groups is 1. The van der Waals surface area contributed by atoms with Crippen LogP contribution in [0.5, 0.6) is 5.75 Å². The summed E-state index contributed by atoms with van der Waals surface area (Å²) in [5.74, 6) is -1.30. The first kappa shape index (κ1) is 13.4. The predicted octanol–water partition coefficient (Wildman–Crippen LogP) is 4.01. The van der Waals surface area contributed by atoms with Gasteiger partial charge in [-0.15, -0.1) is 0 Å². The number of benzene rings is 3. The van der Waals surface area contributed by atoms with Crippen molar-refractivity contribution < 1.29 is 19.0 Å². The summed E-state index contributed by atoms with van der Waals surface area (Å²) in [6.45, 7) is 1.86. The van der Waals surface area contributed by atoms with Gasteiger partial charge in [0.15, 0.2) is 0 Å². The molecule has 0 spiro atoms. The zero-order chi connectivity index (χ0) is 15.0. The van der Waals surface area contributed by atoms with E-state index >= 15 is 0 Å². The molecule has 0 heterocycles. The molecule has 0 fully saturated rings. The first-order valence-corrected chi connectivity index (χ1v) is 6.63. The number of rotatable bonds is 2. The molecule has 0 bridgehead atoms. The molecule has 0 atom stereocenters. The number of ether oxygens (including phenoxy) is 1. The standard InChI is InChI=1S/C17H13FO3/c1-2-21-17(20)15-14-9-10(18)7-8-12(14)11-5-3-4-6-13(11)16(15)19/h3-9,19H,2H2,1H3. The van der Waals surface area contributed by atoms with Crippen molar-refractivity contribution in [2.45, 2.75) is 6.92 Å². The largest absolute Gasteiger partial charge is 0.506 e. The Kier molecular flexibility index (Phi) is 3.22. The SMILES string of the molecule is CCOC(=O)c1c(O)c2ccccc2c2ccc(F)cc12. The summed E-state index contributed by atoms with van der Waals surface area (Å²) in [6, 6.07) is 11.3. The maximum absolute atomic E-state index is 13.6. The van der Waals surface area contributed by atoms with Crippen molar-refractivity contribution in [1.29, 1.82) is 0 Å². The van der Waals surface area contributed by atoms with Crippen molar-refractivity contribution in [3.63, 3.8) is 0 Å². The summed E-state index contributed by atoms with van der Waals surface area (Å²) in [7, 11) is 0. The van der Waals surface area contributed by atoms with E-state index in [2.05, 4.69) is 0 Å². The topological polar surface area (TPSA) is 46.5 Å². The molecule has 3 aromatic rings. The second-order valence-corrected chi connectivity index (χ2v) is 4.68. The van der Waals surface area contributed by atoms with Crippen LogP contribution in [0.1, 0.15) is 17.3 Å². The van der Waals surface area contributed by atoms with Crippen molar-refractivity contribution >= 4 is 27.5 Å². The van der Waals surface area contributed by atoms with Gasteiger partial charge in [-0.2, -0.15) is 0 Å². The molecule has 21 heavy (non-hydrogen) atoms. The molecule has 0 unspecified atom stereocenters. The highest BCUT2D eigenvalue weighted by Crippen LogP contribution is 2.37. The van der Waals surface area contributed by atoms with E-state index in [1.807, 2.05) is 12.1 Å². The Bertz CT molecular complexity index is 855. The fourth-order valence-electron chi connectivity index (χ4n) is 2.55. The fraction of sp³-hybridized carbons (Fsp3) is 0.118. The number of phenols is 1. The van der Waals surface area contributed by atoms with Crippen LogP contribution in [0.4, 0.5) is 4.39 Å². The lowest BCUT2D eigenvalue weighted by atomic mass is 9.96. The lowest BCUT2D eigenvalue weighted by molar-refractivity contribution is 0.0526. The van der Waals surface area contributed by atoms with Crippen molar-refractivity contribution in [2.75, 3.05) is 6.61 Å². The van der Waals surface area contributed by atoms with Crippen LogP contribution < -0.4 is 0 Å². The average Bonchev–Trinajstić information content (AvgIpc) is 2.47. The summed E-state index contributed by atoms with van der Waals surface area (Å²) in [6.07, 6.45) is 0. The van der Waals surface area contributed by atoms with Gasteiger partial charge < -0.3 is 9.84 Å². The molecular formula is C17H13FO3. The molecule has 3 rings (SSSR count). The minimum absolute atomic E-state index is 0.00468. The van der Waals surface area contributed by atoms with Gasteiger partial charge in [-0.1, -0.05) is 30.3 Å². The van der Waals surface area contributed by atoms with E-state index in [4.69, 9.17) is 4.74 Å². The first-order valence-electron chi connectivity index (χ1n) is 6.63. The van der Waals surface area contributed by atoms with Crippen molar-refractivity contribution in [2.24, 2.45) is 0 Å². The van der Waals surface area contributed by atoms with E-state index < -0.39 is 11.8 Å². The van der Waals surface area contributed by atoms with Gasteiger partial charge in [-0.25, -0.2) is 9.18 Å². The highest BCUT2D eigenvalue weighted by molar-refractivity contribution is 6.19. The number of hydrogen-bond donors (Lipinski definition) is 1. The first-order chi connectivity index (χ1) is 10.1. The Morgan fingerprint density at radius 2 is 1.76 bits per heavy atom. The normalized spacial score (nSPS) is 11.0. The van der Waals surface area contributed by atoms with Crippen LogP contribution in [0, 0.1) is 5.82 Å². The summed E-state index contributed by atoms with van der Waals surface area (Å²) in [5.41, 5.74) is 0.00468. The third kappa shape index (κ3) is 2.09. The molecule has 3 aromatic carbocycles. The van der Waals surface area contributed by atoms with Gasteiger partial charge >= 0.3 is 5.97 Å². The van der Waals surface area contributed by atoms with Gasteiger partial charge in [0, 0.05) is 10.8 Å². The molecule has 4 heteroatoms. The van der Waals surface area contributed by atoms with Gasteiger partial charge in [0.05, 0.1) is 6.61 Å². The van der Waals surface area contributed by atoms with Crippen molar-refractivity contribution in [3.05, 3.63) is 53.8 Å². The quantitative estimate of drug-likeness (QED) is 0.571. The van der Waals surface area contributed by atoms with E-state index in [9.17, 15) is 14.3 Å². The number of fused-ring (bicyclic) bond motifs is 3. The Morgan fingerprint density at radius 3 is 2.48 bits per heavy atom. The van der Waals surface area contributed by atoms with Crippen LogP contribution in [0.25, 0.3) is 21.5 Å². The molecule has 0 aliphatic heterocycles. The molecule has 0 amide bonds. The smallest absolute Gasteiger partial charge is 0.342 e. The van der Waals surface area contributed by atoms with Gasteiger partial charge in [0.25, 0.3) is 0 Å². The molecule has 0 aliphatic carbocycles. The number of carbonyl (C=O) groups excluding carboxylic acids is 1. The zero-order valence-electron chi connectivity index (χ0n) is 11.4. The van der Waals surface area contributed by atoms with E-state index in [0.29, 0.717) is 16.2 Å². The molecular weight excluding hydrogens is 271 g/mol. The molecule has 106 valence electrons. The lowest BCUT2D eigenvalue weighted by Crippen LogP contribution is -2.06. The van der Waals surface area contributed by atoms with Gasteiger partial charge in [0.2, 0.25) is 0 Å². The molecule has 1 N–H and O–H groups in total. The van der Waals surface area contributed by atoms with E-state index in [1.54, 1.807) is 25.1 Å². The number of aromatic hydroxyl groups is 1. The van der Waals surface area contributed by atoms with E-state index in [-0.39, 0.29) is 17.9 Å². The maximum Gasteiger partial charge on any atom is 0.342 e. The maximum atomic E-state index is 13.6. The summed E-state index contributed by atoms with van der Waals surface area (Å²) >= 11 is 0. The number of hydrogen-bond acceptors (Lipinski definition) is 3. The average molecular weight is 284 g/mol. The third-order valence-electron chi connectivity index (χ3n) is 3.44. The molecule has 3 nitrogen and oxygen atoms in total. The predicted molar refractivity (Wildman–Crippen MR) is 79.0 cm³/mol. The molecule has 0 aliphatic rings. The minimum Gasteiger partial charge on any atom is -0.506 e. The number of halogens is 1.